The van der Waals surface area contributed by atoms with E-state index in [0.717, 1.165) is 22.4 Å². The molecule has 0 saturated carbocycles. The summed E-state index contributed by atoms with van der Waals surface area (Å²) in [5, 5.41) is 0. The average Bonchev–Trinajstić information content (AvgIpc) is 2.58. The van der Waals surface area contributed by atoms with Gasteiger partial charge in [-0.3, -0.25) is 9.59 Å². The summed E-state index contributed by atoms with van der Waals surface area (Å²) >= 11 is 0. The standard InChI is InChI=1S/C20H21NO3/c1-3-24-20(23)17-12-19(22)21(13-15-7-5-4-6-8-15)18-10-9-14(2)11-16(17)18/h4-11,17H,3,12-13H2,1-2H3. The zero-order valence-corrected chi connectivity index (χ0v) is 14.0. The van der Waals surface area contributed by atoms with Crippen LogP contribution < -0.4 is 4.90 Å². The first-order chi connectivity index (χ1) is 11.6. The summed E-state index contributed by atoms with van der Waals surface area (Å²) in [5.74, 6) is -0.885. The number of carbonyl (C=O) groups excluding carboxylic acids is 2. The molecule has 3 rings (SSSR count). The fraction of sp³-hybridized carbons (Fsp3) is 0.300. The molecular formula is C20H21NO3. The van der Waals surface area contributed by atoms with Gasteiger partial charge in [-0.15, -0.1) is 0 Å². The van der Waals surface area contributed by atoms with Gasteiger partial charge in [-0.2, -0.15) is 0 Å². The fourth-order valence-corrected chi connectivity index (χ4v) is 3.12. The number of fused-ring (bicyclic) bond motifs is 1. The Bertz CT molecular complexity index is 755. The van der Waals surface area contributed by atoms with Crippen molar-refractivity contribution in [2.75, 3.05) is 11.5 Å². The van der Waals surface area contributed by atoms with Gasteiger partial charge in [-0.1, -0.05) is 48.0 Å². The van der Waals surface area contributed by atoms with Gasteiger partial charge < -0.3 is 9.64 Å². The summed E-state index contributed by atoms with van der Waals surface area (Å²) in [6, 6.07) is 15.8. The Hall–Kier alpha value is -2.62. The normalized spacial score (nSPS) is 16.7. The van der Waals surface area contributed by atoms with E-state index in [-0.39, 0.29) is 18.3 Å². The molecule has 0 spiro atoms. The molecule has 4 heteroatoms. The van der Waals surface area contributed by atoms with Crippen LogP contribution in [-0.4, -0.2) is 18.5 Å². The van der Waals surface area contributed by atoms with Crippen LogP contribution in [0.25, 0.3) is 0 Å². The van der Waals surface area contributed by atoms with Crippen LogP contribution in [0, 0.1) is 6.92 Å². The Morgan fingerprint density at radius 3 is 2.67 bits per heavy atom. The Morgan fingerprint density at radius 1 is 1.21 bits per heavy atom. The van der Waals surface area contributed by atoms with Crippen LogP contribution in [0.1, 0.15) is 36.0 Å². The topological polar surface area (TPSA) is 46.6 Å². The summed E-state index contributed by atoms with van der Waals surface area (Å²) in [5.41, 5.74) is 3.81. The van der Waals surface area contributed by atoms with E-state index in [9.17, 15) is 9.59 Å². The molecule has 1 amide bonds. The van der Waals surface area contributed by atoms with Crippen LogP contribution in [0.15, 0.2) is 48.5 Å². The highest BCUT2D eigenvalue weighted by Gasteiger charge is 2.36. The summed E-state index contributed by atoms with van der Waals surface area (Å²) < 4.78 is 5.17. The smallest absolute Gasteiger partial charge is 0.314 e. The van der Waals surface area contributed by atoms with E-state index in [4.69, 9.17) is 4.74 Å². The maximum atomic E-state index is 12.7. The van der Waals surface area contributed by atoms with Crippen molar-refractivity contribution in [2.24, 2.45) is 0 Å². The second kappa shape index (κ2) is 6.87. The Balaban J connectivity index is 1.99. The number of esters is 1. The van der Waals surface area contributed by atoms with E-state index >= 15 is 0 Å². The largest absolute Gasteiger partial charge is 0.466 e. The third kappa shape index (κ3) is 3.18. The summed E-state index contributed by atoms with van der Waals surface area (Å²) in [7, 11) is 0. The Morgan fingerprint density at radius 2 is 1.96 bits per heavy atom. The molecule has 2 aromatic rings. The van der Waals surface area contributed by atoms with Crippen molar-refractivity contribution < 1.29 is 14.3 Å². The minimum absolute atomic E-state index is 0.0479. The SMILES string of the molecule is CCOC(=O)C1CC(=O)N(Cc2ccccc2)c2ccc(C)cc21. The van der Waals surface area contributed by atoms with Crippen LogP contribution in [0.4, 0.5) is 5.69 Å². The lowest BCUT2D eigenvalue weighted by atomic mass is 9.88. The lowest BCUT2D eigenvalue weighted by molar-refractivity contribution is -0.146. The van der Waals surface area contributed by atoms with Crippen molar-refractivity contribution >= 4 is 17.6 Å². The lowest BCUT2D eigenvalue weighted by Crippen LogP contribution is -2.38. The van der Waals surface area contributed by atoms with Crippen LogP contribution in [0.2, 0.25) is 0 Å². The molecule has 4 nitrogen and oxygen atoms in total. The van der Waals surface area contributed by atoms with Crippen molar-refractivity contribution in [2.45, 2.75) is 32.7 Å². The highest BCUT2D eigenvalue weighted by molar-refractivity contribution is 6.01. The van der Waals surface area contributed by atoms with Crippen molar-refractivity contribution in [3.8, 4) is 0 Å². The molecule has 2 aromatic carbocycles. The van der Waals surface area contributed by atoms with Crippen LogP contribution in [-0.2, 0) is 20.9 Å². The molecule has 1 heterocycles. The average molecular weight is 323 g/mol. The number of amides is 1. The minimum atomic E-state index is -0.514. The Labute approximate surface area is 142 Å². The molecule has 0 N–H and O–H groups in total. The molecule has 124 valence electrons. The molecule has 0 bridgehead atoms. The molecule has 0 radical (unpaired) electrons. The maximum absolute atomic E-state index is 12.7. The lowest BCUT2D eigenvalue weighted by Gasteiger charge is -2.33. The molecular weight excluding hydrogens is 302 g/mol. The van der Waals surface area contributed by atoms with E-state index in [1.165, 1.54) is 0 Å². The van der Waals surface area contributed by atoms with Gasteiger partial charge in [0, 0.05) is 12.1 Å². The van der Waals surface area contributed by atoms with Gasteiger partial charge in [-0.05, 0) is 31.0 Å². The number of anilines is 1. The number of nitrogens with zero attached hydrogens (tertiary/aromatic N) is 1. The molecule has 1 aliphatic rings. The van der Waals surface area contributed by atoms with Gasteiger partial charge in [0.25, 0.3) is 0 Å². The highest BCUT2D eigenvalue weighted by Crippen LogP contribution is 2.38. The Kier molecular flexibility index (Phi) is 4.65. The van der Waals surface area contributed by atoms with Gasteiger partial charge in [0.05, 0.1) is 19.1 Å². The van der Waals surface area contributed by atoms with Crippen molar-refractivity contribution in [1.29, 1.82) is 0 Å². The van der Waals surface area contributed by atoms with E-state index in [1.807, 2.05) is 55.5 Å². The van der Waals surface area contributed by atoms with E-state index in [1.54, 1.807) is 11.8 Å². The predicted molar refractivity (Wildman–Crippen MR) is 92.8 cm³/mol. The van der Waals surface area contributed by atoms with Gasteiger partial charge in [0.1, 0.15) is 0 Å². The molecule has 0 aliphatic carbocycles. The van der Waals surface area contributed by atoms with Crippen molar-refractivity contribution in [3.05, 3.63) is 65.2 Å². The third-order valence-corrected chi connectivity index (χ3v) is 4.28. The quantitative estimate of drug-likeness (QED) is 0.808. The zero-order chi connectivity index (χ0) is 17.1. The van der Waals surface area contributed by atoms with Gasteiger partial charge in [-0.25, -0.2) is 0 Å². The number of aryl methyl sites for hydroxylation is 1. The molecule has 0 aromatic heterocycles. The monoisotopic (exact) mass is 323 g/mol. The predicted octanol–water partition coefficient (Wildman–Crippen LogP) is 3.58. The number of hydrogen-bond donors (Lipinski definition) is 0. The van der Waals surface area contributed by atoms with Gasteiger partial charge in [0.15, 0.2) is 0 Å². The first kappa shape index (κ1) is 16.2. The molecule has 24 heavy (non-hydrogen) atoms. The summed E-state index contributed by atoms with van der Waals surface area (Å²) in [6.45, 7) is 4.59. The summed E-state index contributed by atoms with van der Waals surface area (Å²) in [4.78, 5) is 26.7. The number of rotatable bonds is 4. The van der Waals surface area contributed by atoms with Crippen LogP contribution in [0.5, 0.6) is 0 Å². The first-order valence-corrected chi connectivity index (χ1v) is 8.21. The summed E-state index contributed by atoms with van der Waals surface area (Å²) in [6.07, 6.45) is 0.155. The number of ether oxygens (including phenoxy) is 1. The molecule has 1 aliphatic heterocycles. The zero-order valence-electron chi connectivity index (χ0n) is 14.0. The fourth-order valence-electron chi connectivity index (χ4n) is 3.12. The second-order valence-electron chi connectivity index (χ2n) is 6.04. The third-order valence-electron chi connectivity index (χ3n) is 4.28. The van der Waals surface area contributed by atoms with E-state index in [0.29, 0.717) is 13.2 Å². The van der Waals surface area contributed by atoms with Crippen LogP contribution >= 0.6 is 0 Å². The van der Waals surface area contributed by atoms with E-state index < -0.39 is 5.92 Å². The molecule has 0 saturated heterocycles. The minimum Gasteiger partial charge on any atom is -0.466 e. The number of benzene rings is 2. The first-order valence-electron chi connectivity index (χ1n) is 8.21. The van der Waals surface area contributed by atoms with Crippen molar-refractivity contribution in [3.63, 3.8) is 0 Å². The van der Waals surface area contributed by atoms with Gasteiger partial charge >= 0.3 is 5.97 Å². The second-order valence-corrected chi connectivity index (χ2v) is 6.04. The molecule has 0 fully saturated rings. The molecule has 1 atom stereocenters. The number of hydrogen-bond acceptors (Lipinski definition) is 3. The van der Waals surface area contributed by atoms with Crippen LogP contribution in [0.3, 0.4) is 0 Å². The van der Waals surface area contributed by atoms with E-state index in [2.05, 4.69) is 0 Å². The van der Waals surface area contributed by atoms with Crippen molar-refractivity contribution in [1.82, 2.24) is 0 Å². The molecule has 1 unspecified atom stereocenters. The van der Waals surface area contributed by atoms with Gasteiger partial charge in [0.2, 0.25) is 5.91 Å². The number of carbonyl (C=O) groups is 2. The highest BCUT2D eigenvalue weighted by atomic mass is 16.5. The maximum Gasteiger partial charge on any atom is 0.314 e.